The van der Waals surface area contributed by atoms with Gasteiger partial charge in [-0.1, -0.05) is 24.3 Å². The van der Waals surface area contributed by atoms with Crippen molar-refractivity contribution in [3.8, 4) is 5.69 Å². The predicted octanol–water partition coefficient (Wildman–Crippen LogP) is 2.14. The molecule has 0 atom stereocenters. The van der Waals surface area contributed by atoms with Crippen LogP contribution in [0.1, 0.15) is 21.7 Å². The molecule has 0 fully saturated rings. The number of rotatable bonds is 5. The molecule has 7 nitrogen and oxygen atoms in total. The maximum absolute atomic E-state index is 12.7. The van der Waals surface area contributed by atoms with E-state index in [1.807, 2.05) is 48.7 Å². The number of amides is 1. The third kappa shape index (κ3) is 3.07. The number of carbonyl (C=O) groups excluding carboxylic acids is 1. The summed E-state index contributed by atoms with van der Waals surface area (Å²) in [5.41, 5.74) is 9.61. The highest BCUT2D eigenvalue weighted by atomic mass is 16.1. The minimum atomic E-state index is -0.189. The average Bonchev–Trinajstić information content (AvgIpc) is 3.32. The molecular formula is C19H18N6O. The Bertz CT molecular complexity index is 1030. The van der Waals surface area contributed by atoms with Crippen molar-refractivity contribution in [2.24, 2.45) is 5.73 Å². The van der Waals surface area contributed by atoms with Crippen LogP contribution in [-0.2, 0) is 13.1 Å². The summed E-state index contributed by atoms with van der Waals surface area (Å²) in [7, 11) is 0. The first-order chi connectivity index (χ1) is 12.7. The van der Waals surface area contributed by atoms with Crippen molar-refractivity contribution in [1.82, 2.24) is 25.1 Å². The van der Waals surface area contributed by atoms with Crippen molar-refractivity contribution in [3.05, 3.63) is 77.9 Å². The quantitative estimate of drug-likeness (QED) is 0.515. The molecule has 2 heterocycles. The number of fused-ring (bicyclic) bond motifs is 1. The molecule has 0 unspecified atom stereocenters. The van der Waals surface area contributed by atoms with Gasteiger partial charge in [-0.25, -0.2) is 9.67 Å². The van der Waals surface area contributed by atoms with Crippen molar-refractivity contribution in [1.29, 1.82) is 0 Å². The molecule has 0 saturated carbocycles. The largest absolute Gasteiger partial charge is 0.345 e. The molecule has 0 saturated heterocycles. The number of hydrogen-bond acceptors (Lipinski definition) is 4. The molecule has 1 amide bonds. The second-order valence-electron chi connectivity index (χ2n) is 5.90. The zero-order valence-electron chi connectivity index (χ0n) is 14.0. The molecule has 7 heteroatoms. The highest BCUT2D eigenvalue weighted by Crippen LogP contribution is 2.15. The SMILES string of the molecule is NCc1cnn(-c2ccccc2C(=O)NCc2nc3ccccc3[nH]2)c1. The second kappa shape index (κ2) is 6.81. The van der Waals surface area contributed by atoms with Crippen LogP contribution in [0.25, 0.3) is 16.7 Å². The smallest absolute Gasteiger partial charge is 0.253 e. The van der Waals surface area contributed by atoms with Crippen LogP contribution in [-0.4, -0.2) is 25.7 Å². The third-order valence-electron chi connectivity index (χ3n) is 4.12. The van der Waals surface area contributed by atoms with E-state index in [4.69, 9.17) is 5.73 Å². The van der Waals surface area contributed by atoms with Gasteiger partial charge in [0, 0.05) is 18.3 Å². The Morgan fingerprint density at radius 1 is 1.15 bits per heavy atom. The fourth-order valence-electron chi connectivity index (χ4n) is 2.81. The minimum absolute atomic E-state index is 0.189. The fraction of sp³-hybridized carbons (Fsp3) is 0.105. The molecule has 0 aliphatic rings. The first-order valence-corrected chi connectivity index (χ1v) is 8.29. The Morgan fingerprint density at radius 3 is 2.77 bits per heavy atom. The van der Waals surface area contributed by atoms with Crippen LogP contribution in [0, 0.1) is 0 Å². The Labute approximate surface area is 149 Å². The molecule has 0 aliphatic heterocycles. The molecule has 0 aliphatic carbocycles. The van der Waals surface area contributed by atoms with Gasteiger partial charge >= 0.3 is 0 Å². The highest BCUT2D eigenvalue weighted by Gasteiger charge is 2.13. The van der Waals surface area contributed by atoms with E-state index in [0.29, 0.717) is 30.2 Å². The van der Waals surface area contributed by atoms with Gasteiger partial charge in [0.2, 0.25) is 0 Å². The highest BCUT2D eigenvalue weighted by molar-refractivity contribution is 5.97. The number of nitrogens with one attached hydrogen (secondary N) is 2. The number of hydrogen-bond donors (Lipinski definition) is 3. The molecule has 0 spiro atoms. The summed E-state index contributed by atoms with van der Waals surface area (Å²) in [6.45, 7) is 0.718. The van der Waals surface area contributed by atoms with Gasteiger partial charge in [-0.15, -0.1) is 0 Å². The van der Waals surface area contributed by atoms with Gasteiger partial charge in [-0.05, 0) is 24.3 Å². The lowest BCUT2D eigenvalue weighted by Gasteiger charge is -2.09. The standard InChI is InChI=1S/C19H18N6O/c20-9-13-10-22-25(12-13)17-8-4-1-5-14(17)19(26)21-11-18-23-15-6-2-3-7-16(15)24-18/h1-8,10,12H,9,11,20H2,(H,21,26)(H,23,24). The second-order valence-corrected chi connectivity index (χ2v) is 5.90. The molecule has 4 aromatic rings. The van der Waals surface area contributed by atoms with E-state index in [1.165, 1.54) is 0 Å². The van der Waals surface area contributed by atoms with Crippen molar-refractivity contribution >= 4 is 16.9 Å². The topological polar surface area (TPSA) is 102 Å². The molecular weight excluding hydrogens is 328 g/mol. The third-order valence-corrected chi connectivity index (χ3v) is 4.12. The monoisotopic (exact) mass is 346 g/mol. The maximum atomic E-state index is 12.7. The Balaban J connectivity index is 1.54. The van der Waals surface area contributed by atoms with E-state index in [9.17, 15) is 4.79 Å². The van der Waals surface area contributed by atoms with E-state index in [2.05, 4.69) is 20.4 Å². The van der Waals surface area contributed by atoms with Crippen molar-refractivity contribution in [2.75, 3.05) is 0 Å². The summed E-state index contributed by atoms with van der Waals surface area (Å²) in [6.07, 6.45) is 3.52. The molecule has 0 radical (unpaired) electrons. The van der Waals surface area contributed by atoms with E-state index in [1.54, 1.807) is 16.9 Å². The van der Waals surface area contributed by atoms with Crippen molar-refractivity contribution < 1.29 is 4.79 Å². The zero-order valence-corrected chi connectivity index (χ0v) is 14.0. The van der Waals surface area contributed by atoms with E-state index >= 15 is 0 Å². The lowest BCUT2D eigenvalue weighted by molar-refractivity contribution is 0.0950. The summed E-state index contributed by atoms with van der Waals surface area (Å²) in [5.74, 6) is 0.521. The van der Waals surface area contributed by atoms with Gasteiger partial charge < -0.3 is 16.0 Å². The Hall–Kier alpha value is -3.45. The number of aromatic nitrogens is 4. The molecule has 4 rings (SSSR count). The first kappa shape index (κ1) is 16.0. The van der Waals surface area contributed by atoms with Crippen molar-refractivity contribution in [2.45, 2.75) is 13.1 Å². The molecule has 4 N–H and O–H groups in total. The first-order valence-electron chi connectivity index (χ1n) is 8.29. The molecule has 26 heavy (non-hydrogen) atoms. The summed E-state index contributed by atoms with van der Waals surface area (Å²) in [5, 5.41) is 7.19. The molecule has 2 aromatic carbocycles. The number of aromatic amines is 1. The van der Waals surface area contributed by atoms with Gasteiger partial charge in [-0.2, -0.15) is 5.10 Å². The van der Waals surface area contributed by atoms with Crippen LogP contribution >= 0.6 is 0 Å². The van der Waals surface area contributed by atoms with E-state index in [0.717, 1.165) is 16.6 Å². The normalized spacial score (nSPS) is 11.0. The summed E-state index contributed by atoms with van der Waals surface area (Å²) in [6, 6.07) is 15.1. The predicted molar refractivity (Wildman–Crippen MR) is 98.7 cm³/mol. The molecule has 0 bridgehead atoms. The van der Waals surface area contributed by atoms with Crippen LogP contribution in [0.5, 0.6) is 0 Å². The summed E-state index contributed by atoms with van der Waals surface area (Å²) >= 11 is 0. The lowest BCUT2D eigenvalue weighted by atomic mass is 10.1. The Morgan fingerprint density at radius 2 is 1.96 bits per heavy atom. The van der Waals surface area contributed by atoms with Gasteiger partial charge in [-0.3, -0.25) is 4.79 Å². The van der Waals surface area contributed by atoms with Gasteiger partial charge in [0.1, 0.15) is 5.82 Å². The maximum Gasteiger partial charge on any atom is 0.253 e. The van der Waals surface area contributed by atoms with E-state index in [-0.39, 0.29) is 5.91 Å². The van der Waals surface area contributed by atoms with Crippen LogP contribution in [0.4, 0.5) is 0 Å². The number of carbonyl (C=O) groups is 1. The molecule has 2 aromatic heterocycles. The van der Waals surface area contributed by atoms with Crippen LogP contribution in [0.2, 0.25) is 0 Å². The minimum Gasteiger partial charge on any atom is -0.345 e. The van der Waals surface area contributed by atoms with Crippen LogP contribution in [0.3, 0.4) is 0 Å². The number of imidazole rings is 1. The van der Waals surface area contributed by atoms with Gasteiger partial charge in [0.25, 0.3) is 5.91 Å². The van der Waals surface area contributed by atoms with E-state index < -0.39 is 0 Å². The number of para-hydroxylation sites is 3. The number of benzene rings is 2. The van der Waals surface area contributed by atoms with Crippen LogP contribution in [0.15, 0.2) is 60.9 Å². The van der Waals surface area contributed by atoms with Crippen molar-refractivity contribution in [3.63, 3.8) is 0 Å². The number of nitrogens with zero attached hydrogens (tertiary/aromatic N) is 3. The lowest BCUT2D eigenvalue weighted by Crippen LogP contribution is -2.24. The Kier molecular flexibility index (Phi) is 4.20. The number of nitrogens with two attached hydrogens (primary N) is 1. The fourth-order valence-corrected chi connectivity index (χ4v) is 2.81. The van der Waals surface area contributed by atoms with Gasteiger partial charge in [0.15, 0.2) is 0 Å². The molecule has 130 valence electrons. The summed E-state index contributed by atoms with van der Waals surface area (Å²) < 4.78 is 1.66. The summed E-state index contributed by atoms with van der Waals surface area (Å²) in [4.78, 5) is 20.4. The zero-order chi connectivity index (χ0) is 17.9. The average molecular weight is 346 g/mol. The van der Waals surface area contributed by atoms with Gasteiger partial charge in [0.05, 0.1) is 35.0 Å². The number of H-pyrrole nitrogens is 1. The van der Waals surface area contributed by atoms with Crippen LogP contribution < -0.4 is 11.1 Å².